The summed E-state index contributed by atoms with van der Waals surface area (Å²) >= 11 is 6.52. The number of para-hydroxylation sites is 1. The van der Waals surface area contributed by atoms with Crippen LogP contribution in [0.15, 0.2) is 114 Å². The van der Waals surface area contributed by atoms with Gasteiger partial charge >= 0.3 is 0 Å². The Bertz CT molecular complexity index is 1670. The summed E-state index contributed by atoms with van der Waals surface area (Å²) in [6.45, 7) is 5.38. The van der Waals surface area contributed by atoms with Crippen LogP contribution in [-0.2, 0) is 32.6 Å². The van der Waals surface area contributed by atoms with E-state index < -0.39 is 28.5 Å². The van der Waals surface area contributed by atoms with Gasteiger partial charge < -0.3 is 10.2 Å². The molecule has 1 N–H and O–H groups in total. The topological polar surface area (TPSA) is 86.8 Å². The van der Waals surface area contributed by atoms with Crippen LogP contribution in [-0.4, -0.2) is 43.8 Å². The number of halogens is 1. The van der Waals surface area contributed by atoms with Crippen molar-refractivity contribution in [2.75, 3.05) is 10.8 Å². The van der Waals surface area contributed by atoms with E-state index in [-0.39, 0.29) is 40.5 Å². The molecule has 230 valence electrons. The molecule has 2 amide bonds. The molecule has 0 bridgehead atoms. The number of hydrogen-bond acceptors (Lipinski definition) is 4. The van der Waals surface area contributed by atoms with Crippen LogP contribution >= 0.6 is 11.6 Å². The number of aryl methyl sites for hydroxylation is 1. The van der Waals surface area contributed by atoms with Crippen LogP contribution in [0.4, 0.5) is 5.69 Å². The van der Waals surface area contributed by atoms with Gasteiger partial charge in [-0.1, -0.05) is 103 Å². The van der Waals surface area contributed by atoms with Gasteiger partial charge in [-0.15, -0.1) is 0 Å². The molecule has 7 nitrogen and oxygen atoms in total. The fourth-order valence-corrected chi connectivity index (χ4v) is 6.60. The number of rotatable bonds is 13. The van der Waals surface area contributed by atoms with Gasteiger partial charge in [-0.3, -0.25) is 13.9 Å². The monoisotopic (exact) mass is 631 g/mol. The molecule has 0 saturated carbocycles. The Labute approximate surface area is 265 Å². The smallest absolute Gasteiger partial charge is 0.264 e. The zero-order chi connectivity index (χ0) is 31.7. The molecule has 0 aliphatic rings. The Morgan fingerprint density at radius 1 is 0.841 bits per heavy atom. The predicted octanol–water partition coefficient (Wildman–Crippen LogP) is 6.40. The van der Waals surface area contributed by atoms with Crippen molar-refractivity contribution in [3.63, 3.8) is 0 Å². The number of carbonyl (C=O) groups is 2. The summed E-state index contributed by atoms with van der Waals surface area (Å²) in [6, 6.07) is 30.5. The second kappa shape index (κ2) is 15.0. The van der Waals surface area contributed by atoms with Crippen LogP contribution in [0.25, 0.3) is 0 Å². The normalized spacial score (nSPS) is 12.6. The number of nitrogens with zero attached hydrogens (tertiary/aromatic N) is 2. The fourth-order valence-electron chi connectivity index (χ4n) is 4.85. The summed E-state index contributed by atoms with van der Waals surface area (Å²) in [6.07, 6.45) is 0.962. The molecule has 4 aromatic carbocycles. The highest BCUT2D eigenvalue weighted by molar-refractivity contribution is 7.92. The largest absolute Gasteiger partial charge is 0.352 e. The third-order valence-corrected chi connectivity index (χ3v) is 9.70. The maximum atomic E-state index is 14.5. The van der Waals surface area contributed by atoms with Crippen LogP contribution in [0.5, 0.6) is 0 Å². The number of nitrogens with one attached hydrogen (secondary N) is 1. The second-order valence-electron chi connectivity index (χ2n) is 10.7. The zero-order valence-electron chi connectivity index (χ0n) is 25.2. The van der Waals surface area contributed by atoms with E-state index in [2.05, 4.69) is 5.32 Å². The minimum absolute atomic E-state index is 0.0218. The van der Waals surface area contributed by atoms with E-state index in [0.717, 1.165) is 21.0 Å². The van der Waals surface area contributed by atoms with Gasteiger partial charge in [-0.2, -0.15) is 0 Å². The molecule has 4 aromatic rings. The Morgan fingerprint density at radius 3 is 2.07 bits per heavy atom. The van der Waals surface area contributed by atoms with Gasteiger partial charge in [0.1, 0.15) is 12.6 Å². The Balaban J connectivity index is 1.82. The lowest BCUT2D eigenvalue weighted by molar-refractivity contribution is -0.140. The molecule has 4 rings (SSSR count). The third-order valence-electron chi connectivity index (χ3n) is 7.61. The zero-order valence-corrected chi connectivity index (χ0v) is 26.8. The first-order valence-electron chi connectivity index (χ1n) is 14.6. The number of hydrogen-bond donors (Lipinski definition) is 1. The second-order valence-corrected chi connectivity index (χ2v) is 13.0. The molecule has 9 heteroatoms. The molecule has 0 unspecified atom stereocenters. The summed E-state index contributed by atoms with van der Waals surface area (Å²) in [5.41, 5.74) is 2.85. The highest BCUT2D eigenvalue weighted by Crippen LogP contribution is 2.31. The summed E-state index contributed by atoms with van der Waals surface area (Å²) in [7, 11) is -4.21. The Kier molecular flexibility index (Phi) is 11.2. The lowest BCUT2D eigenvalue weighted by Gasteiger charge is -2.34. The highest BCUT2D eigenvalue weighted by atomic mass is 35.5. The van der Waals surface area contributed by atoms with Gasteiger partial charge in [0, 0.05) is 19.0 Å². The lowest BCUT2D eigenvalue weighted by atomic mass is 10.0. The molecule has 0 aromatic heterocycles. The molecule has 0 aliphatic carbocycles. The van der Waals surface area contributed by atoms with Crippen molar-refractivity contribution >= 4 is 39.1 Å². The molecule has 44 heavy (non-hydrogen) atoms. The summed E-state index contributed by atoms with van der Waals surface area (Å²) in [5, 5.41) is 3.23. The van der Waals surface area contributed by atoms with Gasteiger partial charge in [0.2, 0.25) is 11.8 Å². The number of amides is 2. The molecular formula is C35H38ClN3O4S. The van der Waals surface area contributed by atoms with Crippen molar-refractivity contribution in [2.45, 2.75) is 57.1 Å². The van der Waals surface area contributed by atoms with E-state index in [1.165, 1.54) is 17.0 Å². The minimum Gasteiger partial charge on any atom is -0.352 e. The first-order chi connectivity index (χ1) is 21.1. The van der Waals surface area contributed by atoms with Crippen LogP contribution in [0.2, 0.25) is 5.02 Å². The summed E-state index contributed by atoms with van der Waals surface area (Å²) in [4.78, 5) is 29.9. The van der Waals surface area contributed by atoms with Crippen LogP contribution in [0, 0.1) is 6.92 Å². The average molecular weight is 632 g/mol. The Hall–Kier alpha value is -4.14. The van der Waals surface area contributed by atoms with Crippen molar-refractivity contribution in [1.82, 2.24) is 10.2 Å². The average Bonchev–Trinajstić information content (AvgIpc) is 3.03. The standard InChI is InChI=1S/C35H38ClN3O4S/c1-4-27(3)37-35(41)33(23-28-16-7-5-8-17-28)38(24-29-18-12-11-15-26(29)2)34(40)25-39(32-22-14-13-21-31(32)36)44(42,43)30-19-9-6-10-20-30/h5-22,27,33H,4,23-25H2,1-3H3,(H,37,41)/t27-,33-/m1/s1. The molecule has 0 spiro atoms. The van der Waals surface area contributed by atoms with Crippen LogP contribution in [0.3, 0.4) is 0 Å². The maximum Gasteiger partial charge on any atom is 0.264 e. The van der Waals surface area contributed by atoms with E-state index in [1.807, 2.05) is 75.4 Å². The van der Waals surface area contributed by atoms with Crippen LogP contribution < -0.4 is 9.62 Å². The predicted molar refractivity (Wildman–Crippen MR) is 176 cm³/mol. The molecule has 0 fully saturated rings. The van der Waals surface area contributed by atoms with Crippen molar-refractivity contribution in [3.8, 4) is 0 Å². The van der Waals surface area contributed by atoms with E-state index in [9.17, 15) is 18.0 Å². The fraction of sp³-hybridized carbons (Fsp3) is 0.257. The van der Waals surface area contributed by atoms with E-state index in [0.29, 0.717) is 6.42 Å². The van der Waals surface area contributed by atoms with Gasteiger partial charge in [-0.25, -0.2) is 8.42 Å². The lowest BCUT2D eigenvalue weighted by Crippen LogP contribution is -2.54. The van der Waals surface area contributed by atoms with Crippen molar-refractivity contribution in [3.05, 3.63) is 131 Å². The van der Waals surface area contributed by atoms with Gasteiger partial charge in [0.05, 0.1) is 15.6 Å². The van der Waals surface area contributed by atoms with Gasteiger partial charge in [0.15, 0.2) is 0 Å². The number of carbonyl (C=O) groups excluding carboxylic acids is 2. The van der Waals surface area contributed by atoms with E-state index >= 15 is 0 Å². The molecule has 0 aliphatic heterocycles. The van der Waals surface area contributed by atoms with Crippen molar-refractivity contribution in [1.29, 1.82) is 0 Å². The van der Waals surface area contributed by atoms with Crippen molar-refractivity contribution in [2.24, 2.45) is 0 Å². The summed E-state index contributed by atoms with van der Waals surface area (Å²) in [5.74, 6) is -0.840. The quantitative estimate of drug-likeness (QED) is 0.185. The van der Waals surface area contributed by atoms with Crippen LogP contribution in [0.1, 0.15) is 37.0 Å². The van der Waals surface area contributed by atoms with Gasteiger partial charge in [0.25, 0.3) is 10.0 Å². The minimum atomic E-state index is -4.21. The highest BCUT2D eigenvalue weighted by Gasteiger charge is 2.35. The first kappa shape index (κ1) is 32.8. The molecule has 0 radical (unpaired) electrons. The molecule has 0 saturated heterocycles. The summed E-state index contributed by atoms with van der Waals surface area (Å²) < 4.78 is 29.1. The third kappa shape index (κ3) is 8.07. The first-order valence-corrected chi connectivity index (χ1v) is 16.4. The van der Waals surface area contributed by atoms with Crippen molar-refractivity contribution < 1.29 is 18.0 Å². The SMILES string of the molecule is CC[C@@H](C)NC(=O)[C@@H](Cc1ccccc1)N(Cc1ccccc1C)C(=O)CN(c1ccccc1Cl)S(=O)(=O)c1ccccc1. The van der Waals surface area contributed by atoms with E-state index in [1.54, 1.807) is 42.5 Å². The molecule has 0 heterocycles. The number of benzene rings is 4. The number of sulfonamides is 1. The number of anilines is 1. The Morgan fingerprint density at radius 2 is 1.43 bits per heavy atom. The van der Waals surface area contributed by atoms with Gasteiger partial charge in [-0.05, 0) is 61.2 Å². The maximum absolute atomic E-state index is 14.5. The molecular weight excluding hydrogens is 594 g/mol. The van der Waals surface area contributed by atoms with E-state index in [4.69, 9.17) is 11.6 Å². The molecule has 2 atom stereocenters.